The maximum absolute atomic E-state index is 11.9. The number of fused-ring (bicyclic) bond motifs is 1. The number of aliphatic hydroxyl groups is 1. The van der Waals surface area contributed by atoms with E-state index in [-0.39, 0.29) is 36.6 Å². The summed E-state index contributed by atoms with van der Waals surface area (Å²) in [5.74, 6) is 0.393. The number of methoxy groups -OCH3 is 1. The van der Waals surface area contributed by atoms with E-state index in [2.05, 4.69) is 23.2 Å². The molecule has 0 heterocycles. The number of hydrogen-bond acceptors (Lipinski definition) is 6. The lowest BCUT2D eigenvalue weighted by atomic mass is 9.91. The predicted molar refractivity (Wildman–Crippen MR) is 97.8 cm³/mol. The van der Waals surface area contributed by atoms with Crippen molar-refractivity contribution in [2.75, 3.05) is 13.7 Å². The van der Waals surface area contributed by atoms with Gasteiger partial charge in [0.05, 0.1) is 26.2 Å². The summed E-state index contributed by atoms with van der Waals surface area (Å²) < 4.78 is 4.56. The molecular formula is C20H31NO5. The first-order chi connectivity index (χ1) is 12.5. The first-order valence-corrected chi connectivity index (χ1v) is 9.59. The van der Waals surface area contributed by atoms with E-state index < -0.39 is 6.10 Å². The van der Waals surface area contributed by atoms with Gasteiger partial charge in [0.25, 0.3) is 0 Å². The third-order valence-electron chi connectivity index (χ3n) is 5.22. The van der Waals surface area contributed by atoms with Gasteiger partial charge in [0.2, 0.25) is 0 Å². The maximum atomic E-state index is 11.9. The van der Waals surface area contributed by atoms with E-state index in [1.165, 1.54) is 7.11 Å². The molecule has 0 saturated heterocycles. The van der Waals surface area contributed by atoms with Gasteiger partial charge >= 0.3 is 5.97 Å². The molecule has 2 N–H and O–H groups in total. The highest BCUT2D eigenvalue weighted by Gasteiger charge is 2.43. The van der Waals surface area contributed by atoms with E-state index in [4.69, 9.17) is 4.84 Å². The number of rotatable bonds is 11. The Balaban J connectivity index is 1.81. The summed E-state index contributed by atoms with van der Waals surface area (Å²) in [6.45, 7) is 2.37. The number of ketones is 1. The zero-order chi connectivity index (χ0) is 18.9. The summed E-state index contributed by atoms with van der Waals surface area (Å²) in [6.07, 6.45) is 10.7. The molecule has 0 aromatic rings. The van der Waals surface area contributed by atoms with Crippen LogP contribution in [0.1, 0.15) is 51.9 Å². The quantitative estimate of drug-likeness (QED) is 0.253. The third kappa shape index (κ3) is 5.95. The number of ether oxygens (including phenoxy) is 1. The summed E-state index contributed by atoms with van der Waals surface area (Å²) in [4.78, 5) is 28.3. The lowest BCUT2D eigenvalue weighted by Crippen LogP contribution is -2.18. The average Bonchev–Trinajstić information content (AvgIpc) is 3.13. The van der Waals surface area contributed by atoms with Crippen molar-refractivity contribution in [2.24, 2.45) is 17.8 Å². The molecule has 1 saturated carbocycles. The maximum Gasteiger partial charge on any atom is 0.307 e. The molecule has 0 amide bonds. The van der Waals surface area contributed by atoms with Gasteiger partial charge in [0, 0.05) is 18.0 Å². The molecule has 2 aliphatic carbocycles. The average molecular weight is 365 g/mol. The molecule has 146 valence electrons. The Bertz CT molecular complexity index is 542. The number of allylic oxidation sites excluding steroid dienone is 3. The predicted octanol–water partition coefficient (Wildman–Crippen LogP) is 2.68. The second kappa shape index (κ2) is 10.5. The van der Waals surface area contributed by atoms with Gasteiger partial charge < -0.3 is 9.84 Å². The second-order valence-corrected chi connectivity index (χ2v) is 7.17. The van der Waals surface area contributed by atoms with Gasteiger partial charge in [-0.15, -0.1) is 0 Å². The zero-order valence-electron chi connectivity index (χ0n) is 15.8. The summed E-state index contributed by atoms with van der Waals surface area (Å²) in [7, 11) is 1.35. The van der Waals surface area contributed by atoms with E-state index >= 15 is 0 Å². The van der Waals surface area contributed by atoms with Gasteiger partial charge in [0.15, 0.2) is 5.78 Å². The van der Waals surface area contributed by atoms with Crippen LogP contribution in [0.3, 0.4) is 0 Å². The van der Waals surface area contributed by atoms with Crippen molar-refractivity contribution in [3.8, 4) is 0 Å². The van der Waals surface area contributed by atoms with E-state index in [9.17, 15) is 14.7 Å². The molecule has 0 aromatic heterocycles. The van der Waals surface area contributed by atoms with Crippen molar-refractivity contribution in [1.29, 1.82) is 0 Å². The number of carbonyl (C=O) groups is 2. The SMILES string of the molecule is CCCCCC(=O)C=C[C@H]1[C@@H]2C=C(NOCCC(=O)OC)C[C@H]2C[C@@H]1O. The fourth-order valence-electron chi connectivity index (χ4n) is 3.81. The highest BCUT2D eigenvalue weighted by atomic mass is 16.6. The standard InChI is InChI=1S/C20H31NO5/c1-3-4-5-6-16(22)7-8-17-18-13-15(11-14(18)12-19(17)23)21-26-10-9-20(24)25-2/h7-8,13-14,17-19,21,23H,3-6,9-12H2,1-2H3/t14-,17-,18+,19-/m0/s1. The van der Waals surface area contributed by atoms with Crippen molar-refractivity contribution >= 4 is 11.8 Å². The number of aliphatic hydroxyl groups excluding tert-OH is 1. The molecular weight excluding hydrogens is 334 g/mol. The third-order valence-corrected chi connectivity index (χ3v) is 5.22. The van der Waals surface area contributed by atoms with Gasteiger partial charge in [0.1, 0.15) is 0 Å². The first kappa shape index (κ1) is 20.6. The van der Waals surface area contributed by atoms with Crippen LogP contribution in [0.4, 0.5) is 0 Å². The Morgan fingerprint density at radius 1 is 1.35 bits per heavy atom. The van der Waals surface area contributed by atoms with Crippen molar-refractivity contribution in [2.45, 2.75) is 58.0 Å². The van der Waals surface area contributed by atoms with Gasteiger partial charge in [-0.1, -0.05) is 31.9 Å². The molecule has 0 aliphatic heterocycles. The number of hydroxylamine groups is 1. The Kier molecular flexibility index (Phi) is 8.32. The zero-order valence-corrected chi connectivity index (χ0v) is 15.8. The van der Waals surface area contributed by atoms with Crippen LogP contribution in [-0.2, 0) is 19.2 Å². The second-order valence-electron chi connectivity index (χ2n) is 7.17. The molecule has 0 bridgehead atoms. The van der Waals surface area contributed by atoms with Crippen molar-refractivity contribution in [3.63, 3.8) is 0 Å². The molecule has 4 atom stereocenters. The van der Waals surface area contributed by atoms with E-state index in [1.807, 2.05) is 6.08 Å². The van der Waals surface area contributed by atoms with Crippen molar-refractivity contribution in [1.82, 2.24) is 5.48 Å². The summed E-state index contributed by atoms with van der Waals surface area (Å²) in [5, 5.41) is 10.3. The molecule has 0 spiro atoms. The van der Waals surface area contributed by atoms with Crippen LogP contribution in [0.5, 0.6) is 0 Å². The molecule has 0 radical (unpaired) electrons. The number of nitrogens with one attached hydrogen (secondary N) is 1. The largest absolute Gasteiger partial charge is 0.469 e. The minimum Gasteiger partial charge on any atom is -0.469 e. The highest BCUT2D eigenvalue weighted by Crippen LogP contribution is 2.46. The molecule has 0 unspecified atom stereocenters. The Morgan fingerprint density at radius 3 is 2.88 bits per heavy atom. The fourth-order valence-corrected chi connectivity index (χ4v) is 3.81. The molecule has 26 heavy (non-hydrogen) atoms. The van der Waals surface area contributed by atoms with Crippen LogP contribution >= 0.6 is 0 Å². The van der Waals surface area contributed by atoms with Crippen LogP contribution in [-0.4, -0.2) is 36.7 Å². The Hall–Kier alpha value is -1.66. The van der Waals surface area contributed by atoms with Crippen LogP contribution in [0, 0.1) is 17.8 Å². The Morgan fingerprint density at radius 2 is 2.15 bits per heavy atom. The van der Waals surface area contributed by atoms with E-state index in [0.29, 0.717) is 12.3 Å². The van der Waals surface area contributed by atoms with E-state index in [1.54, 1.807) is 6.08 Å². The number of esters is 1. The topological polar surface area (TPSA) is 84.9 Å². The number of carbonyl (C=O) groups excluding carboxylic acids is 2. The minimum atomic E-state index is -0.400. The van der Waals surface area contributed by atoms with Crippen LogP contribution in [0.25, 0.3) is 0 Å². The van der Waals surface area contributed by atoms with Crippen LogP contribution in [0.2, 0.25) is 0 Å². The highest BCUT2D eigenvalue weighted by molar-refractivity contribution is 5.89. The van der Waals surface area contributed by atoms with E-state index in [0.717, 1.165) is 37.8 Å². The summed E-state index contributed by atoms with van der Waals surface area (Å²) in [5.41, 5.74) is 3.88. The van der Waals surface area contributed by atoms with Gasteiger partial charge in [-0.25, -0.2) is 0 Å². The van der Waals surface area contributed by atoms with Gasteiger partial charge in [-0.3, -0.25) is 19.9 Å². The fraction of sp³-hybridized carbons (Fsp3) is 0.700. The van der Waals surface area contributed by atoms with Crippen LogP contribution in [0.15, 0.2) is 23.9 Å². The first-order valence-electron chi connectivity index (χ1n) is 9.59. The summed E-state index contributed by atoms with van der Waals surface area (Å²) in [6, 6.07) is 0. The minimum absolute atomic E-state index is 0.0236. The number of hydrogen-bond donors (Lipinski definition) is 2. The Labute approximate surface area is 155 Å². The van der Waals surface area contributed by atoms with Crippen LogP contribution < -0.4 is 5.48 Å². The molecule has 1 fully saturated rings. The lowest BCUT2D eigenvalue weighted by molar-refractivity contribution is -0.142. The van der Waals surface area contributed by atoms with Gasteiger partial charge in [-0.2, -0.15) is 0 Å². The smallest absolute Gasteiger partial charge is 0.307 e. The normalized spacial score (nSPS) is 27.4. The monoisotopic (exact) mass is 365 g/mol. The summed E-state index contributed by atoms with van der Waals surface area (Å²) >= 11 is 0. The molecule has 6 heteroatoms. The molecule has 0 aromatic carbocycles. The molecule has 2 aliphatic rings. The van der Waals surface area contributed by atoms with Gasteiger partial charge in [-0.05, 0) is 37.2 Å². The lowest BCUT2D eigenvalue weighted by Gasteiger charge is -2.15. The number of unbranched alkanes of at least 4 members (excludes halogenated alkanes) is 2. The van der Waals surface area contributed by atoms with Crippen molar-refractivity contribution in [3.05, 3.63) is 23.9 Å². The molecule has 2 rings (SSSR count). The molecule has 6 nitrogen and oxygen atoms in total. The van der Waals surface area contributed by atoms with Crippen molar-refractivity contribution < 1.29 is 24.3 Å².